The molecule has 0 unspecified atom stereocenters. The van der Waals surface area contributed by atoms with Crippen LogP contribution in [0.5, 0.6) is 0 Å². The third kappa shape index (κ3) is 8.51. The summed E-state index contributed by atoms with van der Waals surface area (Å²) in [6.45, 7) is 9.54. The lowest BCUT2D eigenvalue weighted by atomic mass is 9.94. The number of guanidine groups is 1. The standard InChI is InChI=1S/C16H28N4O3.HI/c1-6-22-14(21)8-7-9-18-15(17-5)20-11-13-19-10-12(23-13)16(2,3)4;/h10H,6-9,11H2,1-5H3,(H2,17,18,20);1H. The first-order valence-corrected chi connectivity index (χ1v) is 7.92. The molecule has 0 aliphatic rings. The van der Waals surface area contributed by atoms with Gasteiger partial charge in [0.15, 0.2) is 5.96 Å². The molecule has 0 atom stereocenters. The SMILES string of the molecule is CCOC(=O)CCCNC(=NC)NCc1ncc(C(C)(C)C)o1.I. The predicted octanol–water partition coefficient (Wildman–Crippen LogP) is 2.60. The van der Waals surface area contributed by atoms with Crippen LogP contribution < -0.4 is 10.6 Å². The van der Waals surface area contributed by atoms with Gasteiger partial charge in [0.05, 0.1) is 19.3 Å². The molecule has 2 N–H and O–H groups in total. The minimum absolute atomic E-state index is 0. The van der Waals surface area contributed by atoms with Crippen molar-refractivity contribution in [2.45, 2.75) is 52.5 Å². The van der Waals surface area contributed by atoms with Crippen molar-refractivity contribution in [1.29, 1.82) is 0 Å². The first kappa shape index (κ1) is 22.7. The van der Waals surface area contributed by atoms with E-state index in [1.165, 1.54) is 0 Å². The van der Waals surface area contributed by atoms with Gasteiger partial charge in [-0.1, -0.05) is 20.8 Å². The van der Waals surface area contributed by atoms with E-state index in [1.54, 1.807) is 20.2 Å². The second kappa shape index (κ2) is 11.3. The first-order valence-electron chi connectivity index (χ1n) is 7.92. The van der Waals surface area contributed by atoms with E-state index in [1.807, 2.05) is 0 Å². The van der Waals surface area contributed by atoms with Gasteiger partial charge in [0.25, 0.3) is 0 Å². The van der Waals surface area contributed by atoms with E-state index in [-0.39, 0.29) is 35.4 Å². The number of nitrogens with zero attached hydrogens (tertiary/aromatic N) is 2. The molecule has 24 heavy (non-hydrogen) atoms. The van der Waals surface area contributed by atoms with Crippen LogP contribution in [-0.4, -0.2) is 37.1 Å². The fourth-order valence-electron chi connectivity index (χ4n) is 1.79. The fourth-order valence-corrected chi connectivity index (χ4v) is 1.79. The Morgan fingerprint density at radius 2 is 2.08 bits per heavy atom. The van der Waals surface area contributed by atoms with Gasteiger partial charge in [-0.25, -0.2) is 4.98 Å². The summed E-state index contributed by atoms with van der Waals surface area (Å²) in [7, 11) is 1.69. The van der Waals surface area contributed by atoms with Gasteiger partial charge in [-0.2, -0.15) is 0 Å². The Kier molecular flexibility index (Phi) is 10.7. The van der Waals surface area contributed by atoms with Crippen LogP contribution in [0.3, 0.4) is 0 Å². The number of carbonyl (C=O) groups excluding carboxylic acids is 1. The smallest absolute Gasteiger partial charge is 0.305 e. The monoisotopic (exact) mass is 452 g/mol. The van der Waals surface area contributed by atoms with Crippen LogP contribution >= 0.6 is 24.0 Å². The van der Waals surface area contributed by atoms with E-state index >= 15 is 0 Å². The maximum absolute atomic E-state index is 11.2. The van der Waals surface area contributed by atoms with Gasteiger partial charge >= 0.3 is 5.97 Å². The summed E-state index contributed by atoms with van der Waals surface area (Å²) in [6.07, 6.45) is 2.84. The largest absolute Gasteiger partial charge is 0.466 e. The molecule has 1 aromatic heterocycles. The number of carbonyl (C=O) groups is 1. The van der Waals surface area contributed by atoms with E-state index in [0.717, 1.165) is 5.76 Å². The van der Waals surface area contributed by atoms with Crippen molar-refractivity contribution in [2.75, 3.05) is 20.2 Å². The Bertz CT molecular complexity index is 524. The second-order valence-corrected chi connectivity index (χ2v) is 6.13. The quantitative estimate of drug-likeness (QED) is 0.217. The highest BCUT2D eigenvalue weighted by Gasteiger charge is 2.19. The van der Waals surface area contributed by atoms with E-state index in [4.69, 9.17) is 9.15 Å². The second-order valence-electron chi connectivity index (χ2n) is 6.13. The lowest BCUT2D eigenvalue weighted by Gasteiger charge is -2.13. The minimum Gasteiger partial charge on any atom is -0.466 e. The third-order valence-corrected chi connectivity index (χ3v) is 3.08. The number of nitrogens with one attached hydrogen (secondary N) is 2. The molecule has 0 spiro atoms. The number of ether oxygens (including phenoxy) is 1. The van der Waals surface area contributed by atoms with E-state index in [2.05, 4.69) is 41.4 Å². The van der Waals surface area contributed by atoms with Gasteiger partial charge in [-0.3, -0.25) is 9.79 Å². The van der Waals surface area contributed by atoms with Crippen LogP contribution in [0.1, 0.15) is 52.2 Å². The van der Waals surface area contributed by atoms with E-state index in [9.17, 15) is 4.79 Å². The molecule has 0 bridgehead atoms. The number of oxazole rings is 1. The average Bonchev–Trinajstić information content (AvgIpc) is 2.96. The van der Waals surface area contributed by atoms with Crippen molar-refractivity contribution < 1.29 is 13.9 Å². The Balaban J connectivity index is 0.00000529. The normalized spacial score (nSPS) is 11.6. The van der Waals surface area contributed by atoms with E-state index in [0.29, 0.717) is 44.4 Å². The molecule has 138 valence electrons. The van der Waals surface area contributed by atoms with Crippen molar-refractivity contribution in [1.82, 2.24) is 15.6 Å². The summed E-state index contributed by atoms with van der Waals surface area (Å²) in [4.78, 5) is 19.6. The third-order valence-electron chi connectivity index (χ3n) is 3.08. The molecule has 0 saturated heterocycles. The Morgan fingerprint density at radius 1 is 1.38 bits per heavy atom. The van der Waals surface area contributed by atoms with Gasteiger partial charge in [-0.15, -0.1) is 24.0 Å². The molecule has 0 saturated carbocycles. The summed E-state index contributed by atoms with van der Waals surface area (Å²) >= 11 is 0. The number of aromatic nitrogens is 1. The molecule has 0 aromatic carbocycles. The highest BCUT2D eigenvalue weighted by molar-refractivity contribution is 14.0. The van der Waals surface area contributed by atoms with Crippen molar-refractivity contribution in [2.24, 2.45) is 4.99 Å². The summed E-state index contributed by atoms with van der Waals surface area (Å²) in [6, 6.07) is 0. The maximum atomic E-state index is 11.2. The van der Waals surface area contributed by atoms with Gasteiger partial charge < -0.3 is 19.8 Å². The van der Waals surface area contributed by atoms with Crippen molar-refractivity contribution >= 4 is 35.9 Å². The first-order chi connectivity index (χ1) is 10.9. The number of esters is 1. The maximum Gasteiger partial charge on any atom is 0.305 e. The van der Waals surface area contributed by atoms with Crippen molar-refractivity contribution in [3.63, 3.8) is 0 Å². The Labute approximate surface area is 161 Å². The highest BCUT2D eigenvalue weighted by atomic mass is 127. The molecule has 8 heteroatoms. The van der Waals surface area contributed by atoms with Crippen LogP contribution in [0, 0.1) is 0 Å². The van der Waals surface area contributed by atoms with Crippen molar-refractivity contribution in [3.05, 3.63) is 17.8 Å². The molecule has 7 nitrogen and oxygen atoms in total. The molecule has 0 radical (unpaired) electrons. The predicted molar refractivity (Wildman–Crippen MR) is 105 cm³/mol. The van der Waals surface area contributed by atoms with Crippen LogP contribution in [0.4, 0.5) is 0 Å². The molecule has 0 amide bonds. The molecule has 1 rings (SSSR count). The summed E-state index contributed by atoms with van der Waals surface area (Å²) < 4.78 is 10.6. The zero-order valence-corrected chi connectivity index (χ0v) is 17.5. The number of halogens is 1. The van der Waals surface area contributed by atoms with Gasteiger partial charge in [-0.05, 0) is 13.3 Å². The highest BCUT2D eigenvalue weighted by Crippen LogP contribution is 2.22. The number of hydrogen-bond donors (Lipinski definition) is 2. The average molecular weight is 452 g/mol. The number of rotatable bonds is 7. The molecular weight excluding hydrogens is 423 g/mol. The molecule has 0 aliphatic carbocycles. The summed E-state index contributed by atoms with van der Waals surface area (Å²) in [5.41, 5.74) is -0.0573. The fraction of sp³-hybridized carbons (Fsp3) is 0.688. The lowest BCUT2D eigenvalue weighted by Crippen LogP contribution is -2.37. The number of aliphatic imine (C=N–C) groups is 1. The van der Waals surface area contributed by atoms with Gasteiger partial charge in [0.2, 0.25) is 5.89 Å². The molecule has 0 aliphatic heterocycles. The topological polar surface area (TPSA) is 88.8 Å². The van der Waals surface area contributed by atoms with Crippen LogP contribution in [0.25, 0.3) is 0 Å². The minimum atomic E-state index is -0.174. The van der Waals surface area contributed by atoms with Crippen LogP contribution in [0.2, 0.25) is 0 Å². The zero-order valence-electron chi connectivity index (χ0n) is 15.1. The van der Waals surface area contributed by atoms with Crippen LogP contribution in [-0.2, 0) is 21.5 Å². The number of hydrogen-bond acceptors (Lipinski definition) is 5. The summed E-state index contributed by atoms with van der Waals surface area (Å²) in [5.74, 6) is 1.94. The van der Waals surface area contributed by atoms with Gasteiger partial charge in [0, 0.05) is 25.4 Å². The zero-order chi connectivity index (χ0) is 17.3. The van der Waals surface area contributed by atoms with Crippen LogP contribution in [0.15, 0.2) is 15.6 Å². The summed E-state index contributed by atoms with van der Waals surface area (Å²) in [5, 5.41) is 6.27. The molecule has 1 aromatic rings. The Hall–Kier alpha value is -1.32. The Morgan fingerprint density at radius 3 is 2.62 bits per heavy atom. The van der Waals surface area contributed by atoms with Gasteiger partial charge in [0.1, 0.15) is 5.76 Å². The van der Waals surface area contributed by atoms with Crippen molar-refractivity contribution in [3.8, 4) is 0 Å². The van der Waals surface area contributed by atoms with E-state index < -0.39 is 0 Å². The molecule has 0 fully saturated rings. The molecule has 1 heterocycles. The molecular formula is C16H29IN4O3. The lowest BCUT2D eigenvalue weighted by molar-refractivity contribution is -0.143.